The number of hydrogen-bond acceptors (Lipinski definition) is 10. The van der Waals surface area contributed by atoms with E-state index in [0.29, 0.717) is 37.2 Å². The second-order valence-electron chi connectivity index (χ2n) is 11.4. The average Bonchev–Trinajstić information content (AvgIpc) is 3.00. The molecule has 0 saturated carbocycles. The second kappa shape index (κ2) is 13.1. The predicted octanol–water partition coefficient (Wildman–Crippen LogP) is 4.53. The molecule has 11 nitrogen and oxygen atoms in total. The molecule has 2 aliphatic heterocycles. The highest BCUT2D eigenvalue weighted by Crippen LogP contribution is 2.45. The summed E-state index contributed by atoms with van der Waals surface area (Å²) in [7, 11) is 2.30. The highest BCUT2D eigenvalue weighted by molar-refractivity contribution is 6.07. The summed E-state index contributed by atoms with van der Waals surface area (Å²) in [5.74, 6) is -3.70. The average molecular weight is 606 g/mol. The topological polar surface area (TPSA) is 147 Å². The van der Waals surface area contributed by atoms with Gasteiger partial charge in [0, 0.05) is 25.2 Å². The van der Waals surface area contributed by atoms with Crippen LogP contribution >= 0.6 is 0 Å². The number of piperidine rings is 1. The van der Waals surface area contributed by atoms with Crippen LogP contribution in [0.3, 0.4) is 0 Å². The zero-order chi connectivity index (χ0) is 32.2. The van der Waals surface area contributed by atoms with Gasteiger partial charge in [0.15, 0.2) is 0 Å². The molecule has 0 radical (unpaired) electrons. The molecule has 2 aliphatic rings. The Labute approximate surface area is 255 Å². The molecule has 232 valence electrons. The fraction of sp³-hybridized carbons (Fsp3) is 0.375. The third-order valence-corrected chi connectivity index (χ3v) is 7.32. The van der Waals surface area contributed by atoms with Gasteiger partial charge in [0.2, 0.25) is 0 Å². The quantitative estimate of drug-likeness (QED) is 0.355. The first kappa shape index (κ1) is 31.9. The van der Waals surface area contributed by atoms with Gasteiger partial charge in [-0.3, -0.25) is 4.90 Å². The number of nitrogens with zero attached hydrogens (tertiary/aromatic N) is 3. The van der Waals surface area contributed by atoms with Crippen molar-refractivity contribution in [3.63, 3.8) is 0 Å². The first-order valence-corrected chi connectivity index (χ1v) is 14.1. The maximum atomic E-state index is 14.9. The van der Waals surface area contributed by atoms with Gasteiger partial charge >= 0.3 is 18.0 Å². The number of amides is 1. The van der Waals surface area contributed by atoms with Crippen LogP contribution in [0, 0.1) is 17.1 Å². The van der Waals surface area contributed by atoms with Crippen LogP contribution in [-0.4, -0.2) is 61.9 Å². The summed E-state index contributed by atoms with van der Waals surface area (Å²) in [6, 6.07) is 14.4. The summed E-state index contributed by atoms with van der Waals surface area (Å²) in [4.78, 5) is 42.1. The number of allylic oxidation sites excluding steroid dienone is 1. The molecule has 3 N–H and O–H groups in total. The van der Waals surface area contributed by atoms with Crippen molar-refractivity contribution in [1.29, 1.82) is 5.26 Å². The lowest BCUT2D eigenvalue weighted by Gasteiger charge is -2.38. The van der Waals surface area contributed by atoms with E-state index in [1.165, 1.54) is 12.1 Å². The number of halogens is 1. The second-order valence-corrected chi connectivity index (χ2v) is 11.4. The third kappa shape index (κ3) is 6.62. The molecule has 0 bridgehead atoms. The minimum atomic E-state index is -1.05. The Kier molecular flexibility index (Phi) is 9.47. The zero-order valence-electron chi connectivity index (χ0n) is 25.3. The van der Waals surface area contributed by atoms with Gasteiger partial charge in [-0.1, -0.05) is 30.3 Å². The number of likely N-dealkylation sites (tertiary alicyclic amines) is 1. The number of rotatable bonds is 6. The van der Waals surface area contributed by atoms with Gasteiger partial charge in [-0.05, 0) is 51.3 Å². The Morgan fingerprint density at radius 1 is 1.02 bits per heavy atom. The maximum absolute atomic E-state index is 14.9. The van der Waals surface area contributed by atoms with Crippen molar-refractivity contribution in [2.24, 2.45) is 5.73 Å². The number of esters is 2. The van der Waals surface area contributed by atoms with Crippen molar-refractivity contribution in [3.8, 4) is 6.07 Å². The Bertz CT molecular complexity index is 1530. The van der Waals surface area contributed by atoms with Gasteiger partial charge < -0.3 is 30.2 Å². The lowest BCUT2D eigenvalue weighted by Crippen LogP contribution is -2.45. The van der Waals surface area contributed by atoms with Crippen LogP contribution in [0.5, 0.6) is 0 Å². The van der Waals surface area contributed by atoms with Crippen LogP contribution in [0.2, 0.25) is 0 Å². The Morgan fingerprint density at radius 3 is 2.23 bits per heavy atom. The van der Waals surface area contributed by atoms with Gasteiger partial charge in [0.25, 0.3) is 0 Å². The molecular formula is C32H36FN5O6. The number of ether oxygens (including phenoxy) is 3. The molecule has 1 saturated heterocycles. The number of hydrogen-bond donors (Lipinski definition) is 2. The molecule has 12 heteroatoms. The molecule has 1 atom stereocenters. The van der Waals surface area contributed by atoms with Crippen molar-refractivity contribution < 1.29 is 33.0 Å². The smallest absolute Gasteiger partial charge is 0.410 e. The fourth-order valence-corrected chi connectivity index (χ4v) is 5.33. The first-order valence-electron chi connectivity index (χ1n) is 14.1. The largest absolute Gasteiger partial charge is 0.466 e. The fourth-order valence-electron chi connectivity index (χ4n) is 5.33. The van der Waals surface area contributed by atoms with Crippen LogP contribution in [-0.2, 0) is 23.8 Å². The number of methoxy groups -OCH3 is 2. The Hall–Kier alpha value is -5.05. The van der Waals surface area contributed by atoms with E-state index in [1.54, 1.807) is 56.0 Å². The summed E-state index contributed by atoms with van der Waals surface area (Å²) >= 11 is 0. The monoisotopic (exact) mass is 605 g/mol. The molecule has 4 rings (SSSR count). The van der Waals surface area contributed by atoms with Crippen molar-refractivity contribution in [2.45, 2.75) is 51.2 Å². The van der Waals surface area contributed by atoms with Crippen molar-refractivity contribution in [2.75, 3.05) is 37.5 Å². The molecule has 2 aromatic carbocycles. The standard InChI is InChI=1S/C32H36FN5O6/c1-32(2,3)44-31(41)37-15-13-21(14-16-37)36-23-12-11-20(33)17-24(23)38-27(30(40)43-5)26(29(39)42-4)25(22(18-34)28(38)35)19-9-7-6-8-10-19/h6-12,17,21,25,36H,13-16,35H2,1-5H3. The van der Waals surface area contributed by atoms with Crippen LogP contribution in [0.1, 0.15) is 45.1 Å². The van der Waals surface area contributed by atoms with Crippen LogP contribution in [0.25, 0.3) is 0 Å². The number of nitriles is 1. The molecular weight excluding hydrogens is 569 g/mol. The van der Waals surface area contributed by atoms with E-state index in [2.05, 4.69) is 11.4 Å². The van der Waals surface area contributed by atoms with Gasteiger partial charge in [-0.2, -0.15) is 5.26 Å². The minimum absolute atomic E-state index is 0.0369. The normalized spacial score (nSPS) is 17.6. The third-order valence-electron chi connectivity index (χ3n) is 7.32. The van der Waals surface area contributed by atoms with Crippen molar-refractivity contribution in [3.05, 3.63) is 82.6 Å². The van der Waals surface area contributed by atoms with E-state index in [1.807, 2.05) is 0 Å². The number of nitrogens with two attached hydrogens (primary N) is 1. The lowest BCUT2D eigenvalue weighted by molar-refractivity contribution is -0.139. The van der Waals surface area contributed by atoms with Gasteiger partial charge in [0.05, 0.1) is 48.7 Å². The number of benzene rings is 2. The highest BCUT2D eigenvalue weighted by atomic mass is 19.1. The Morgan fingerprint density at radius 2 is 1.66 bits per heavy atom. The summed E-state index contributed by atoms with van der Waals surface area (Å²) in [5, 5.41) is 13.7. The molecule has 0 aliphatic carbocycles. The van der Waals surface area contributed by atoms with E-state index >= 15 is 0 Å². The molecule has 2 aromatic rings. The lowest BCUT2D eigenvalue weighted by atomic mass is 9.81. The van der Waals surface area contributed by atoms with Gasteiger partial charge in [-0.15, -0.1) is 0 Å². The van der Waals surface area contributed by atoms with Gasteiger partial charge in [0.1, 0.15) is 22.9 Å². The molecule has 1 fully saturated rings. The molecule has 1 amide bonds. The molecule has 0 spiro atoms. The van der Waals surface area contributed by atoms with E-state index in [-0.39, 0.29) is 34.4 Å². The van der Waals surface area contributed by atoms with Crippen LogP contribution in [0.15, 0.2) is 71.2 Å². The minimum Gasteiger partial charge on any atom is -0.466 e. The first-order chi connectivity index (χ1) is 20.9. The molecule has 44 heavy (non-hydrogen) atoms. The summed E-state index contributed by atoms with van der Waals surface area (Å²) in [6.45, 7) is 6.26. The predicted molar refractivity (Wildman–Crippen MR) is 160 cm³/mol. The Balaban J connectivity index is 1.79. The van der Waals surface area contributed by atoms with E-state index in [0.717, 1.165) is 25.2 Å². The maximum Gasteiger partial charge on any atom is 0.410 e. The highest BCUT2D eigenvalue weighted by Gasteiger charge is 2.43. The molecule has 0 aromatic heterocycles. The summed E-state index contributed by atoms with van der Waals surface area (Å²) in [6.07, 6.45) is 0.701. The van der Waals surface area contributed by atoms with E-state index in [9.17, 15) is 24.0 Å². The number of nitrogens with one attached hydrogen (secondary N) is 1. The van der Waals surface area contributed by atoms with Crippen molar-refractivity contribution in [1.82, 2.24) is 4.90 Å². The number of anilines is 2. The van der Waals surface area contributed by atoms with E-state index in [4.69, 9.17) is 19.9 Å². The van der Waals surface area contributed by atoms with E-state index < -0.39 is 35.4 Å². The molecule has 1 unspecified atom stereocenters. The summed E-state index contributed by atoms with van der Waals surface area (Å²) < 4.78 is 30.5. The number of carbonyl (C=O) groups is 3. The van der Waals surface area contributed by atoms with Crippen LogP contribution < -0.4 is 16.0 Å². The number of carbonyl (C=O) groups excluding carboxylic acids is 3. The SMILES string of the molecule is COC(=O)C1=C(C(=O)OC)N(c2cc(F)ccc2NC2CCN(C(=O)OC(C)(C)C)CC2)C(N)=C(C#N)C1c1ccccc1. The molecule has 2 heterocycles. The van der Waals surface area contributed by atoms with Crippen molar-refractivity contribution >= 4 is 29.4 Å². The summed E-state index contributed by atoms with van der Waals surface area (Å²) in [5.41, 5.74) is 6.45. The van der Waals surface area contributed by atoms with Crippen LogP contribution in [0.4, 0.5) is 20.6 Å². The zero-order valence-corrected chi connectivity index (χ0v) is 25.3. The van der Waals surface area contributed by atoms with Gasteiger partial charge in [-0.25, -0.2) is 18.8 Å².